The first-order valence-corrected chi connectivity index (χ1v) is 12.8. The number of benzene rings is 2. The van der Waals surface area contributed by atoms with Crippen LogP contribution in [0.4, 0.5) is 5.69 Å². The number of likely N-dealkylation sites (N-methyl/N-ethyl adjacent to an activating group) is 1. The van der Waals surface area contributed by atoms with E-state index >= 15 is 0 Å². The largest absolute Gasteiger partial charge is 0.457 e. The Morgan fingerprint density at radius 1 is 1.14 bits per heavy atom. The molecule has 184 valence electrons. The Labute approximate surface area is 204 Å². The van der Waals surface area contributed by atoms with Gasteiger partial charge >= 0.3 is 0 Å². The van der Waals surface area contributed by atoms with E-state index in [-0.39, 0.29) is 5.76 Å². The second-order valence-electron chi connectivity index (χ2n) is 8.55. The molecule has 2 aromatic carbocycles. The van der Waals surface area contributed by atoms with Crippen molar-refractivity contribution in [1.82, 2.24) is 9.62 Å². The SMILES string of the molecule is CN1CCN(c2ccc3cc(-c4ccc(C=C(C#N)S(=O)(=O)NCC(O)CO)o4)ccc3c2)CC1. The second-order valence-corrected chi connectivity index (χ2v) is 10.3. The number of nitrogens with one attached hydrogen (secondary N) is 1. The molecular formula is C25H28N4O5S. The molecule has 2 heterocycles. The van der Waals surface area contributed by atoms with E-state index in [9.17, 15) is 18.8 Å². The topological polar surface area (TPSA) is 130 Å². The Morgan fingerprint density at radius 2 is 1.86 bits per heavy atom. The lowest BCUT2D eigenvalue weighted by molar-refractivity contribution is 0.0989. The van der Waals surface area contributed by atoms with Gasteiger partial charge in [-0.3, -0.25) is 0 Å². The lowest BCUT2D eigenvalue weighted by Crippen LogP contribution is -2.44. The zero-order chi connectivity index (χ0) is 25.0. The fraction of sp³-hybridized carbons (Fsp3) is 0.320. The highest BCUT2D eigenvalue weighted by molar-refractivity contribution is 7.93. The van der Waals surface area contributed by atoms with Crippen molar-refractivity contribution < 1.29 is 23.0 Å². The molecule has 1 aromatic heterocycles. The standard InChI is InChI=1S/C25H28N4O5S/c1-28-8-10-29(11-9-28)21-5-4-18-12-20(3-2-19(18)13-21)25-7-6-23(34-25)14-24(15-26)35(32,33)27-16-22(31)17-30/h2-7,12-14,22,27,30-31H,8-11,16-17H2,1H3. The van der Waals surface area contributed by atoms with Gasteiger partial charge < -0.3 is 24.4 Å². The maximum atomic E-state index is 12.3. The van der Waals surface area contributed by atoms with Crippen molar-refractivity contribution in [2.75, 3.05) is 51.3 Å². The maximum Gasteiger partial charge on any atom is 0.250 e. The molecule has 3 aromatic rings. The van der Waals surface area contributed by atoms with Crippen LogP contribution in [0.25, 0.3) is 28.2 Å². The van der Waals surface area contributed by atoms with Crippen LogP contribution in [0.5, 0.6) is 0 Å². The fourth-order valence-electron chi connectivity index (χ4n) is 3.88. The number of furan rings is 1. The molecule has 10 heteroatoms. The van der Waals surface area contributed by atoms with Crippen molar-refractivity contribution in [1.29, 1.82) is 5.26 Å². The van der Waals surface area contributed by atoms with Crippen LogP contribution in [0.15, 0.2) is 57.9 Å². The van der Waals surface area contributed by atoms with Gasteiger partial charge in [0.1, 0.15) is 17.6 Å². The lowest BCUT2D eigenvalue weighted by atomic mass is 10.0. The molecular weight excluding hydrogens is 468 g/mol. The van der Waals surface area contributed by atoms with Gasteiger partial charge in [0.15, 0.2) is 4.91 Å². The Balaban J connectivity index is 1.53. The highest BCUT2D eigenvalue weighted by Crippen LogP contribution is 2.29. The number of piperazine rings is 1. The minimum atomic E-state index is -4.16. The van der Waals surface area contributed by atoms with Crippen molar-refractivity contribution >= 4 is 32.6 Å². The first-order valence-electron chi connectivity index (χ1n) is 11.3. The Bertz CT molecular complexity index is 1370. The first-order chi connectivity index (χ1) is 16.8. The van der Waals surface area contributed by atoms with E-state index in [1.54, 1.807) is 18.2 Å². The number of fused-ring (bicyclic) bond motifs is 1. The summed E-state index contributed by atoms with van der Waals surface area (Å²) in [4.78, 5) is 4.15. The summed E-state index contributed by atoms with van der Waals surface area (Å²) >= 11 is 0. The quantitative estimate of drug-likeness (QED) is 0.404. The van der Waals surface area contributed by atoms with Gasteiger partial charge in [-0.2, -0.15) is 5.26 Å². The lowest BCUT2D eigenvalue weighted by Gasteiger charge is -2.34. The van der Waals surface area contributed by atoms with Crippen LogP contribution in [-0.2, 0) is 10.0 Å². The molecule has 0 spiro atoms. The van der Waals surface area contributed by atoms with Gasteiger partial charge in [-0.15, -0.1) is 0 Å². The molecule has 0 bridgehead atoms. The molecule has 0 saturated carbocycles. The Morgan fingerprint density at radius 3 is 2.57 bits per heavy atom. The predicted octanol–water partition coefficient (Wildman–Crippen LogP) is 1.99. The van der Waals surface area contributed by atoms with Gasteiger partial charge in [0.25, 0.3) is 10.0 Å². The van der Waals surface area contributed by atoms with Crippen molar-refractivity contribution in [3.05, 3.63) is 59.2 Å². The number of sulfonamides is 1. The summed E-state index contributed by atoms with van der Waals surface area (Å²) in [5.74, 6) is 0.745. The average Bonchev–Trinajstić information content (AvgIpc) is 3.34. The van der Waals surface area contributed by atoms with Gasteiger partial charge in [0.2, 0.25) is 0 Å². The summed E-state index contributed by atoms with van der Waals surface area (Å²) in [6.07, 6.45) is -0.133. The number of nitriles is 1. The molecule has 0 aliphatic carbocycles. The molecule has 1 unspecified atom stereocenters. The van der Waals surface area contributed by atoms with Gasteiger partial charge in [-0.1, -0.05) is 18.2 Å². The average molecular weight is 497 g/mol. The Kier molecular flexibility index (Phi) is 7.54. The van der Waals surface area contributed by atoms with E-state index < -0.39 is 34.2 Å². The van der Waals surface area contributed by atoms with Crippen LogP contribution in [0, 0.1) is 11.3 Å². The minimum absolute atomic E-state index is 0.204. The number of aliphatic hydroxyl groups excluding tert-OH is 2. The van der Waals surface area contributed by atoms with Crippen molar-refractivity contribution in [3.63, 3.8) is 0 Å². The van der Waals surface area contributed by atoms with Crippen LogP contribution in [0.2, 0.25) is 0 Å². The molecule has 1 fully saturated rings. The monoisotopic (exact) mass is 496 g/mol. The van der Waals surface area contributed by atoms with Crippen LogP contribution < -0.4 is 9.62 Å². The summed E-state index contributed by atoms with van der Waals surface area (Å²) in [5, 5.41) is 29.7. The summed E-state index contributed by atoms with van der Waals surface area (Å²) in [6, 6.07) is 17.3. The molecule has 1 aliphatic rings. The number of hydrogen-bond donors (Lipinski definition) is 3. The molecule has 0 radical (unpaired) electrons. The molecule has 0 amide bonds. The number of nitrogens with zero attached hydrogens (tertiary/aromatic N) is 3. The molecule has 35 heavy (non-hydrogen) atoms. The summed E-state index contributed by atoms with van der Waals surface area (Å²) in [6.45, 7) is 3.08. The van der Waals surface area contributed by atoms with Gasteiger partial charge in [-0.25, -0.2) is 13.1 Å². The molecule has 9 nitrogen and oxygen atoms in total. The third-order valence-electron chi connectivity index (χ3n) is 6.00. The summed E-state index contributed by atoms with van der Waals surface area (Å²) in [5.41, 5.74) is 2.03. The van der Waals surface area contributed by atoms with E-state index in [2.05, 4.69) is 39.8 Å². The first kappa shape index (κ1) is 24.9. The van der Waals surface area contributed by atoms with E-state index in [4.69, 9.17) is 9.52 Å². The highest BCUT2D eigenvalue weighted by atomic mass is 32.2. The smallest absolute Gasteiger partial charge is 0.250 e. The molecule has 1 saturated heterocycles. The molecule has 4 rings (SSSR count). The third kappa shape index (κ3) is 5.90. The summed E-state index contributed by atoms with van der Waals surface area (Å²) < 4.78 is 32.5. The fourth-order valence-corrected chi connectivity index (χ4v) is 4.84. The second kappa shape index (κ2) is 10.6. The number of hydrogen-bond acceptors (Lipinski definition) is 8. The van der Waals surface area contributed by atoms with E-state index in [0.717, 1.165) is 48.6 Å². The van der Waals surface area contributed by atoms with Gasteiger partial charge in [0.05, 0.1) is 12.7 Å². The molecule has 1 aliphatic heterocycles. The van der Waals surface area contributed by atoms with Crippen molar-refractivity contribution in [3.8, 4) is 17.4 Å². The maximum absolute atomic E-state index is 12.3. The zero-order valence-electron chi connectivity index (χ0n) is 19.4. The highest BCUT2D eigenvalue weighted by Gasteiger charge is 2.20. The van der Waals surface area contributed by atoms with Crippen LogP contribution in [-0.4, -0.2) is 76.0 Å². The Hall–Kier alpha value is -3.20. The molecule has 3 N–H and O–H groups in total. The van der Waals surface area contributed by atoms with Gasteiger partial charge in [-0.05, 0) is 48.2 Å². The third-order valence-corrected chi connectivity index (χ3v) is 7.33. The van der Waals surface area contributed by atoms with Crippen LogP contribution in [0.1, 0.15) is 5.76 Å². The number of aliphatic hydroxyl groups is 2. The van der Waals surface area contributed by atoms with E-state index in [1.165, 1.54) is 5.69 Å². The minimum Gasteiger partial charge on any atom is -0.457 e. The summed E-state index contributed by atoms with van der Waals surface area (Å²) in [7, 11) is -2.03. The van der Waals surface area contributed by atoms with Gasteiger partial charge in [0, 0.05) is 50.1 Å². The molecule has 1 atom stereocenters. The number of anilines is 1. The van der Waals surface area contributed by atoms with Crippen LogP contribution >= 0.6 is 0 Å². The number of rotatable bonds is 8. The van der Waals surface area contributed by atoms with E-state index in [0.29, 0.717) is 5.76 Å². The van der Waals surface area contributed by atoms with Crippen molar-refractivity contribution in [2.45, 2.75) is 6.10 Å². The zero-order valence-corrected chi connectivity index (χ0v) is 20.2. The normalized spacial score (nSPS) is 16.4. The van der Waals surface area contributed by atoms with Crippen LogP contribution in [0.3, 0.4) is 0 Å². The van der Waals surface area contributed by atoms with Crippen molar-refractivity contribution in [2.24, 2.45) is 0 Å². The predicted molar refractivity (Wildman–Crippen MR) is 135 cm³/mol. The van der Waals surface area contributed by atoms with E-state index in [1.807, 2.05) is 18.2 Å². The number of allylic oxidation sites excluding steroid dienone is 1.